The maximum atomic E-state index is 12.9. The van der Waals surface area contributed by atoms with Crippen LogP contribution < -0.4 is 16.0 Å². The third-order valence-electron chi connectivity index (χ3n) is 6.46. The van der Waals surface area contributed by atoms with Gasteiger partial charge in [-0.05, 0) is 62.7 Å². The second kappa shape index (κ2) is 12.1. The Bertz CT molecular complexity index is 1180. The van der Waals surface area contributed by atoms with Gasteiger partial charge in [-0.25, -0.2) is 0 Å². The summed E-state index contributed by atoms with van der Waals surface area (Å²) in [5.74, 6) is -0.471. The van der Waals surface area contributed by atoms with Gasteiger partial charge in [-0.1, -0.05) is 60.7 Å². The molecule has 0 aromatic heterocycles. The molecule has 1 fully saturated rings. The fourth-order valence-corrected chi connectivity index (χ4v) is 4.40. The average Bonchev–Trinajstić information content (AvgIpc) is 2.90. The summed E-state index contributed by atoms with van der Waals surface area (Å²) in [4.78, 5) is 40.3. The molecule has 1 saturated heterocycles. The third kappa shape index (κ3) is 6.79. The van der Waals surface area contributed by atoms with Crippen molar-refractivity contribution in [1.82, 2.24) is 10.2 Å². The SMILES string of the molecule is CC(NC(=O)c1ccccc1NC(=O)CN1CCC(C(=O)Nc2ccccc2)CC1)c1ccccc1. The molecule has 3 aromatic rings. The quantitative estimate of drug-likeness (QED) is 0.440. The molecule has 0 spiro atoms. The summed E-state index contributed by atoms with van der Waals surface area (Å²) in [5.41, 5.74) is 2.71. The molecular formula is C29H32N4O3. The molecule has 36 heavy (non-hydrogen) atoms. The van der Waals surface area contributed by atoms with Gasteiger partial charge in [0.15, 0.2) is 0 Å². The molecule has 1 unspecified atom stereocenters. The Balaban J connectivity index is 1.27. The first-order chi connectivity index (χ1) is 17.5. The van der Waals surface area contributed by atoms with Crippen molar-refractivity contribution in [2.24, 2.45) is 5.92 Å². The number of para-hydroxylation sites is 2. The molecule has 0 bridgehead atoms. The monoisotopic (exact) mass is 484 g/mol. The summed E-state index contributed by atoms with van der Waals surface area (Å²) in [6.07, 6.45) is 1.39. The molecule has 0 saturated carbocycles. The Hall–Kier alpha value is -3.97. The van der Waals surface area contributed by atoms with Crippen LogP contribution in [-0.2, 0) is 9.59 Å². The van der Waals surface area contributed by atoms with Crippen LogP contribution in [-0.4, -0.2) is 42.3 Å². The number of hydrogen-bond donors (Lipinski definition) is 3. The molecule has 0 aliphatic carbocycles. The highest BCUT2D eigenvalue weighted by atomic mass is 16.2. The van der Waals surface area contributed by atoms with E-state index in [4.69, 9.17) is 0 Å². The average molecular weight is 485 g/mol. The summed E-state index contributed by atoms with van der Waals surface area (Å²) in [5, 5.41) is 8.87. The van der Waals surface area contributed by atoms with Gasteiger partial charge in [0.05, 0.1) is 23.8 Å². The van der Waals surface area contributed by atoms with E-state index < -0.39 is 0 Å². The van der Waals surface area contributed by atoms with Crippen LogP contribution in [0.5, 0.6) is 0 Å². The standard InChI is InChI=1S/C29H32N4O3/c1-21(22-10-4-2-5-11-22)30-29(36)25-14-8-9-15-26(25)32-27(34)20-33-18-16-23(17-19-33)28(35)31-24-12-6-3-7-13-24/h2-15,21,23H,16-20H2,1H3,(H,30,36)(H,31,35)(H,32,34). The largest absolute Gasteiger partial charge is 0.345 e. The topological polar surface area (TPSA) is 90.5 Å². The molecule has 7 heteroatoms. The number of piperidine rings is 1. The summed E-state index contributed by atoms with van der Waals surface area (Å²) >= 11 is 0. The summed E-state index contributed by atoms with van der Waals surface area (Å²) in [6, 6.07) is 26.0. The molecule has 1 aliphatic heterocycles. The van der Waals surface area contributed by atoms with Gasteiger partial charge < -0.3 is 16.0 Å². The van der Waals surface area contributed by atoms with E-state index in [0.717, 1.165) is 11.3 Å². The van der Waals surface area contributed by atoms with E-state index in [-0.39, 0.29) is 36.2 Å². The normalized spacial score (nSPS) is 15.0. The van der Waals surface area contributed by atoms with Gasteiger partial charge in [0.25, 0.3) is 5.91 Å². The molecule has 0 radical (unpaired) electrons. The molecule has 3 N–H and O–H groups in total. The fourth-order valence-electron chi connectivity index (χ4n) is 4.40. The zero-order valence-corrected chi connectivity index (χ0v) is 20.4. The molecule has 1 aliphatic rings. The van der Waals surface area contributed by atoms with E-state index in [9.17, 15) is 14.4 Å². The van der Waals surface area contributed by atoms with E-state index >= 15 is 0 Å². The Kier molecular flexibility index (Phi) is 8.47. The van der Waals surface area contributed by atoms with Crippen molar-refractivity contribution in [2.45, 2.75) is 25.8 Å². The zero-order valence-electron chi connectivity index (χ0n) is 20.4. The van der Waals surface area contributed by atoms with Crippen molar-refractivity contribution in [3.8, 4) is 0 Å². The predicted molar refractivity (Wildman–Crippen MR) is 142 cm³/mol. The van der Waals surface area contributed by atoms with Crippen LogP contribution in [0, 0.1) is 5.92 Å². The van der Waals surface area contributed by atoms with Crippen molar-refractivity contribution >= 4 is 29.1 Å². The van der Waals surface area contributed by atoms with Crippen molar-refractivity contribution in [3.05, 3.63) is 96.1 Å². The Labute approximate surface area is 211 Å². The highest BCUT2D eigenvalue weighted by molar-refractivity contribution is 6.04. The van der Waals surface area contributed by atoms with E-state index in [1.165, 1.54) is 0 Å². The first-order valence-electron chi connectivity index (χ1n) is 12.3. The van der Waals surface area contributed by atoms with Crippen LogP contribution in [0.4, 0.5) is 11.4 Å². The second-order valence-corrected chi connectivity index (χ2v) is 9.11. The molecule has 186 valence electrons. The molecule has 7 nitrogen and oxygen atoms in total. The maximum absolute atomic E-state index is 12.9. The van der Waals surface area contributed by atoms with Crippen LogP contribution in [0.15, 0.2) is 84.9 Å². The highest BCUT2D eigenvalue weighted by Gasteiger charge is 2.26. The molecule has 1 heterocycles. The van der Waals surface area contributed by atoms with Gasteiger partial charge in [-0.3, -0.25) is 19.3 Å². The number of amides is 3. The minimum atomic E-state index is -0.243. The minimum absolute atomic E-state index is 0.0231. The van der Waals surface area contributed by atoms with Crippen molar-refractivity contribution in [3.63, 3.8) is 0 Å². The number of nitrogens with zero attached hydrogens (tertiary/aromatic N) is 1. The van der Waals surface area contributed by atoms with Gasteiger partial charge in [-0.15, -0.1) is 0 Å². The summed E-state index contributed by atoms with van der Waals surface area (Å²) in [7, 11) is 0. The molecule has 3 aromatic carbocycles. The highest BCUT2D eigenvalue weighted by Crippen LogP contribution is 2.21. The number of rotatable bonds is 8. The van der Waals surface area contributed by atoms with Gasteiger partial charge in [0.1, 0.15) is 0 Å². The predicted octanol–water partition coefficient (Wildman–Crippen LogP) is 4.47. The van der Waals surface area contributed by atoms with E-state index in [1.54, 1.807) is 24.3 Å². The number of carbonyl (C=O) groups excluding carboxylic acids is 3. The van der Waals surface area contributed by atoms with Crippen molar-refractivity contribution in [2.75, 3.05) is 30.3 Å². The second-order valence-electron chi connectivity index (χ2n) is 9.11. The Morgan fingerprint density at radius 3 is 2.14 bits per heavy atom. The molecule has 1 atom stereocenters. The Morgan fingerprint density at radius 1 is 0.833 bits per heavy atom. The fraction of sp³-hybridized carbons (Fsp3) is 0.276. The van der Waals surface area contributed by atoms with Crippen molar-refractivity contribution in [1.29, 1.82) is 0 Å². The van der Waals surface area contributed by atoms with E-state index in [2.05, 4.69) is 16.0 Å². The number of anilines is 2. The maximum Gasteiger partial charge on any atom is 0.253 e. The number of nitrogens with one attached hydrogen (secondary N) is 3. The lowest BCUT2D eigenvalue weighted by molar-refractivity contribution is -0.121. The van der Waals surface area contributed by atoms with Gasteiger partial charge in [0.2, 0.25) is 11.8 Å². The van der Waals surface area contributed by atoms with Gasteiger partial charge >= 0.3 is 0 Å². The lowest BCUT2D eigenvalue weighted by Crippen LogP contribution is -2.42. The van der Waals surface area contributed by atoms with E-state index in [0.29, 0.717) is 37.2 Å². The van der Waals surface area contributed by atoms with Crippen LogP contribution in [0.2, 0.25) is 0 Å². The van der Waals surface area contributed by atoms with Gasteiger partial charge in [0, 0.05) is 11.6 Å². The first-order valence-corrected chi connectivity index (χ1v) is 12.3. The Morgan fingerprint density at radius 2 is 1.44 bits per heavy atom. The van der Waals surface area contributed by atoms with Gasteiger partial charge in [-0.2, -0.15) is 0 Å². The van der Waals surface area contributed by atoms with Crippen LogP contribution in [0.25, 0.3) is 0 Å². The van der Waals surface area contributed by atoms with Crippen molar-refractivity contribution < 1.29 is 14.4 Å². The van der Waals surface area contributed by atoms with Crippen LogP contribution in [0.1, 0.15) is 41.7 Å². The van der Waals surface area contributed by atoms with Crippen LogP contribution in [0.3, 0.4) is 0 Å². The molecule has 3 amide bonds. The number of hydrogen-bond acceptors (Lipinski definition) is 4. The minimum Gasteiger partial charge on any atom is -0.345 e. The third-order valence-corrected chi connectivity index (χ3v) is 6.46. The molecule has 4 rings (SSSR count). The van der Waals surface area contributed by atoms with E-state index in [1.807, 2.05) is 72.5 Å². The number of benzene rings is 3. The number of carbonyl (C=O) groups is 3. The summed E-state index contributed by atoms with van der Waals surface area (Å²) in [6.45, 7) is 3.47. The smallest absolute Gasteiger partial charge is 0.253 e. The number of likely N-dealkylation sites (tertiary alicyclic amines) is 1. The lowest BCUT2D eigenvalue weighted by atomic mass is 9.96. The first kappa shape index (κ1) is 25.1. The van der Waals surface area contributed by atoms with Crippen LogP contribution >= 0.6 is 0 Å². The molecular weight excluding hydrogens is 452 g/mol. The summed E-state index contributed by atoms with van der Waals surface area (Å²) < 4.78 is 0. The lowest BCUT2D eigenvalue weighted by Gasteiger charge is -2.30. The zero-order chi connectivity index (χ0) is 25.3.